The highest BCUT2D eigenvalue weighted by Crippen LogP contribution is 2.23. The number of benzene rings is 1. The minimum absolute atomic E-state index is 0.356. The Morgan fingerprint density at radius 2 is 1.95 bits per heavy atom. The van der Waals surface area contributed by atoms with E-state index in [4.69, 9.17) is 4.74 Å². The first-order valence-corrected chi connectivity index (χ1v) is 8.23. The van der Waals surface area contributed by atoms with E-state index in [-0.39, 0.29) is 0 Å². The summed E-state index contributed by atoms with van der Waals surface area (Å²) >= 11 is 3.45. The highest BCUT2D eigenvalue weighted by molar-refractivity contribution is 9.10. The molecule has 3 nitrogen and oxygen atoms in total. The number of hydrogen-bond donors (Lipinski definition) is 2. The first-order valence-electron chi connectivity index (χ1n) is 7.43. The molecule has 2 rings (SSSR count). The summed E-state index contributed by atoms with van der Waals surface area (Å²) in [6.45, 7) is 8.07. The van der Waals surface area contributed by atoms with Crippen LogP contribution >= 0.6 is 15.9 Å². The van der Waals surface area contributed by atoms with E-state index in [1.165, 1.54) is 11.3 Å². The second-order valence-corrected chi connectivity index (χ2v) is 7.06. The van der Waals surface area contributed by atoms with Crippen LogP contribution in [0, 0.1) is 11.8 Å². The molecular weight excluding hydrogens is 318 g/mol. The van der Waals surface area contributed by atoms with Gasteiger partial charge in [0.15, 0.2) is 0 Å². The number of para-hydroxylation sites is 1. The van der Waals surface area contributed by atoms with Crippen molar-refractivity contribution in [1.82, 2.24) is 0 Å². The number of aliphatic hydroxyl groups excluding tert-OH is 1. The van der Waals surface area contributed by atoms with Gasteiger partial charge in [0.1, 0.15) is 25.0 Å². The number of rotatable bonds is 5. The Hall–Kier alpha value is -0.580. The van der Waals surface area contributed by atoms with E-state index in [9.17, 15) is 5.11 Å². The van der Waals surface area contributed by atoms with Crippen molar-refractivity contribution in [2.24, 2.45) is 11.8 Å². The first-order chi connectivity index (χ1) is 9.54. The van der Waals surface area contributed by atoms with Crippen molar-refractivity contribution in [3.8, 4) is 5.75 Å². The lowest BCUT2D eigenvalue weighted by atomic mass is 9.92. The number of piperidine rings is 1. The fourth-order valence-corrected chi connectivity index (χ4v) is 3.63. The summed E-state index contributed by atoms with van der Waals surface area (Å²) in [5.74, 6) is 2.30. The van der Waals surface area contributed by atoms with Gasteiger partial charge < -0.3 is 14.7 Å². The Morgan fingerprint density at radius 1 is 1.30 bits per heavy atom. The summed E-state index contributed by atoms with van der Waals surface area (Å²) in [7, 11) is 0. The summed E-state index contributed by atoms with van der Waals surface area (Å²) in [6, 6.07) is 7.75. The van der Waals surface area contributed by atoms with E-state index in [1.807, 2.05) is 24.3 Å². The zero-order chi connectivity index (χ0) is 14.5. The maximum Gasteiger partial charge on any atom is 0.137 e. The summed E-state index contributed by atoms with van der Waals surface area (Å²) in [5.41, 5.74) is 0. The number of quaternary nitrogens is 1. The highest BCUT2D eigenvalue weighted by atomic mass is 79.9. The largest absolute Gasteiger partial charge is 0.489 e. The minimum Gasteiger partial charge on any atom is -0.489 e. The molecule has 0 saturated carbocycles. The molecule has 1 fully saturated rings. The van der Waals surface area contributed by atoms with Crippen LogP contribution in [0.2, 0.25) is 0 Å². The topological polar surface area (TPSA) is 33.9 Å². The highest BCUT2D eigenvalue weighted by Gasteiger charge is 2.26. The maximum absolute atomic E-state index is 10.2. The standard InChI is InChI=1S/C16H24BrNO2/c1-12-7-13(2)9-18(8-12)10-14(19)11-20-16-6-4-3-5-15(16)17/h3-6,12-14,19H,7-11H2,1-2H3/p+1/t12-,13+,14-/m0/s1. The van der Waals surface area contributed by atoms with Gasteiger partial charge >= 0.3 is 0 Å². The lowest BCUT2D eigenvalue weighted by Crippen LogP contribution is -3.15. The lowest BCUT2D eigenvalue weighted by Gasteiger charge is -2.33. The van der Waals surface area contributed by atoms with Crippen LogP contribution in [0.15, 0.2) is 28.7 Å². The smallest absolute Gasteiger partial charge is 0.137 e. The van der Waals surface area contributed by atoms with Gasteiger partial charge in [-0.1, -0.05) is 26.0 Å². The molecule has 1 heterocycles. The van der Waals surface area contributed by atoms with Gasteiger partial charge in [0.2, 0.25) is 0 Å². The Morgan fingerprint density at radius 3 is 2.60 bits per heavy atom. The van der Waals surface area contributed by atoms with E-state index in [2.05, 4.69) is 29.8 Å². The molecule has 0 spiro atoms. The van der Waals surface area contributed by atoms with E-state index in [1.54, 1.807) is 0 Å². The molecule has 20 heavy (non-hydrogen) atoms. The van der Waals surface area contributed by atoms with Crippen LogP contribution < -0.4 is 9.64 Å². The zero-order valence-electron chi connectivity index (χ0n) is 12.3. The Kier molecular flexibility index (Phi) is 5.87. The normalized spacial score (nSPS) is 28.1. The molecule has 1 aromatic rings. The molecule has 4 heteroatoms. The van der Waals surface area contributed by atoms with Gasteiger partial charge in [-0.3, -0.25) is 0 Å². The van der Waals surface area contributed by atoms with Gasteiger partial charge in [0, 0.05) is 11.8 Å². The number of ether oxygens (including phenoxy) is 1. The Balaban J connectivity index is 1.78. The Labute approximate surface area is 130 Å². The molecule has 0 aromatic heterocycles. The zero-order valence-corrected chi connectivity index (χ0v) is 13.9. The molecule has 1 aliphatic rings. The van der Waals surface area contributed by atoms with Gasteiger partial charge in [0.05, 0.1) is 17.6 Å². The average molecular weight is 343 g/mol. The van der Waals surface area contributed by atoms with E-state index in [0.717, 1.165) is 41.7 Å². The Bertz CT molecular complexity index is 417. The van der Waals surface area contributed by atoms with Crippen LogP contribution in [0.3, 0.4) is 0 Å². The molecule has 1 unspecified atom stereocenters. The molecule has 1 aromatic carbocycles. The predicted octanol–water partition coefficient (Wildman–Crippen LogP) is 1.75. The van der Waals surface area contributed by atoms with Crippen molar-refractivity contribution in [2.75, 3.05) is 26.2 Å². The monoisotopic (exact) mass is 342 g/mol. The molecule has 4 atom stereocenters. The van der Waals surface area contributed by atoms with Crippen molar-refractivity contribution in [1.29, 1.82) is 0 Å². The molecular formula is C16H25BrNO2+. The van der Waals surface area contributed by atoms with Crippen LogP contribution in [0.1, 0.15) is 20.3 Å². The summed E-state index contributed by atoms with van der Waals surface area (Å²) in [4.78, 5) is 1.50. The first kappa shape index (κ1) is 15.8. The van der Waals surface area contributed by atoms with Crippen LogP contribution in [0.5, 0.6) is 5.75 Å². The number of halogens is 1. The summed E-state index contributed by atoms with van der Waals surface area (Å²) < 4.78 is 6.61. The van der Waals surface area contributed by atoms with E-state index >= 15 is 0 Å². The van der Waals surface area contributed by atoms with Crippen molar-refractivity contribution >= 4 is 15.9 Å². The van der Waals surface area contributed by atoms with Crippen LogP contribution in [-0.4, -0.2) is 37.5 Å². The van der Waals surface area contributed by atoms with Gasteiger partial charge in [-0.2, -0.15) is 0 Å². The number of aliphatic hydroxyl groups is 1. The summed E-state index contributed by atoms with van der Waals surface area (Å²) in [5, 5.41) is 10.2. The lowest BCUT2D eigenvalue weighted by molar-refractivity contribution is -0.915. The second-order valence-electron chi connectivity index (χ2n) is 6.20. The van der Waals surface area contributed by atoms with Crippen molar-refractivity contribution < 1.29 is 14.7 Å². The summed E-state index contributed by atoms with van der Waals surface area (Å²) in [6.07, 6.45) is 0.905. The molecule has 1 saturated heterocycles. The van der Waals surface area contributed by atoms with Crippen molar-refractivity contribution in [2.45, 2.75) is 26.4 Å². The number of likely N-dealkylation sites (tertiary alicyclic amines) is 1. The van der Waals surface area contributed by atoms with Crippen LogP contribution in [0.4, 0.5) is 0 Å². The fraction of sp³-hybridized carbons (Fsp3) is 0.625. The molecule has 112 valence electrons. The number of nitrogens with one attached hydrogen (secondary N) is 1. The molecule has 2 N–H and O–H groups in total. The third-order valence-electron chi connectivity index (χ3n) is 3.87. The number of hydrogen-bond acceptors (Lipinski definition) is 2. The van der Waals surface area contributed by atoms with Crippen LogP contribution in [-0.2, 0) is 0 Å². The maximum atomic E-state index is 10.2. The van der Waals surface area contributed by atoms with Gasteiger partial charge in [-0.05, 0) is 34.5 Å². The van der Waals surface area contributed by atoms with Gasteiger partial charge in [-0.25, -0.2) is 0 Å². The van der Waals surface area contributed by atoms with Crippen LogP contribution in [0.25, 0.3) is 0 Å². The van der Waals surface area contributed by atoms with E-state index < -0.39 is 6.10 Å². The molecule has 0 radical (unpaired) electrons. The van der Waals surface area contributed by atoms with Crippen molar-refractivity contribution in [3.05, 3.63) is 28.7 Å². The molecule has 0 bridgehead atoms. The average Bonchev–Trinajstić information content (AvgIpc) is 2.36. The fourth-order valence-electron chi connectivity index (χ4n) is 3.23. The SMILES string of the molecule is C[C@@H]1C[C@H](C)C[NH+](C[C@H](O)COc2ccccc2Br)C1. The predicted molar refractivity (Wildman–Crippen MR) is 84.2 cm³/mol. The minimum atomic E-state index is -0.408. The third kappa shape index (κ3) is 4.76. The van der Waals surface area contributed by atoms with E-state index in [0.29, 0.717) is 6.61 Å². The second kappa shape index (κ2) is 7.43. The van der Waals surface area contributed by atoms with Gasteiger partial charge in [0.25, 0.3) is 0 Å². The molecule has 0 aliphatic carbocycles. The third-order valence-corrected chi connectivity index (χ3v) is 4.53. The molecule has 0 amide bonds. The quantitative estimate of drug-likeness (QED) is 0.854. The van der Waals surface area contributed by atoms with Crippen molar-refractivity contribution in [3.63, 3.8) is 0 Å². The van der Waals surface area contributed by atoms with Gasteiger partial charge in [-0.15, -0.1) is 0 Å². The molecule has 1 aliphatic heterocycles.